The summed E-state index contributed by atoms with van der Waals surface area (Å²) in [4.78, 5) is 29.8. The summed E-state index contributed by atoms with van der Waals surface area (Å²) in [6.07, 6.45) is 5.11. The molecule has 20 heavy (non-hydrogen) atoms. The normalized spacial score (nSPS) is 10.0. The summed E-state index contributed by atoms with van der Waals surface area (Å²) in [5.41, 5.74) is 6.15. The summed E-state index contributed by atoms with van der Waals surface area (Å²) < 4.78 is 0. The van der Waals surface area contributed by atoms with Gasteiger partial charge in [0.15, 0.2) is 0 Å². The quantitative estimate of drug-likeness (QED) is 0.720. The second-order valence-corrected chi connectivity index (χ2v) is 4.93. The van der Waals surface area contributed by atoms with Crippen molar-refractivity contribution in [2.45, 2.75) is 5.75 Å². The van der Waals surface area contributed by atoms with E-state index in [0.29, 0.717) is 11.4 Å². The predicted octanol–water partition coefficient (Wildman–Crippen LogP) is 1.10. The Morgan fingerprint density at radius 1 is 1.25 bits per heavy atom. The minimum atomic E-state index is -0.374. The lowest BCUT2D eigenvalue weighted by molar-refractivity contribution is -0.119. The van der Waals surface area contributed by atoms with E-state index in [1.54, 1.807) is 30.7 Å². The summed E-state index contributed by atoms with van der Waals surface area (Å²) in [6.45, 7) is 0. The fourth-order valence-corrected chi connectivity index (χ4v) is 2.21. The number of nitrogens with one attached hydrogen (secondary N) is 3. The molecule has 7 heteroatoms. The summed E-state index contributed by atoms with van der Waals surface area (Å²) >= 11 is 1.45. The molecule has 0 spiro atoms. The topological polar surface area (TPSA) is 86.9 Å². The largest absolute Gasteiger partial charge is 0.357 e. The third kappa shape index (κ3) is 4.43. The Morgan fingerprint density at radius 2 is 2.15 bits per heavy atom. The van der Waals surface area contributed by atoms with Gasteiger partial charge < -0.3 is 4.98 Å². The molecule has 0 saturated heterocycles. The Kier molecular flexibility index (Phi) is 5.19. The van der Waals surface area contributed by atoms with Crippen LogP contribution in [0.3, 0.4) is 0 Å². The van der Waals surface area contributed by atoms with Gasteiger partial charge in [-0.3, -0.25) is 25.4 Å². The minimum absolute atomic E-state index is 0.251. The molecule has 0 fully saturated rings. The molecule has 2 aromatic rings. The number of thioether (sulfide) groups is 1. The van der Waals surface area contributed by atoms with Crippen LogP contribution in [-0.2, 0) is 10.5 Å². The van der Waals surface area contributed by atoms with E-state index in [4.69, 9.17) is 0 Å². The van der Waals surface area contributed by atoms with E-state index in [1.807, 2.05) is 12.1 Å². The van der Waals surface area contributed by atoms with Crippen LogP contribution >= 0.6 is 11.8 Å². The van der Waals surface area contributed by atoms with Crippen LogP contribution in [0.25, 0.3) is 0 Å². The molecule has 0 aliphatic carbocycles. The molecule has 2 aromatic heterocycles. The molecule has 2 amide bonds. The Bertz CT molecular complexity index is 557. The first-order chi connectivity index (χ1) is 9.75. The van der Waals surface area contributed by atoms with Crippen LogP contribution in [0.15, 0.2) is 42.9 Å². The summed E-state index contributed by atoms with van der Waals surface area (Å²) in [7, 11) is 0. The average Bonchev–Trinajstić information content (AvgIpc) is 3.00. The van der Waals surface area contributed by atoms with Crippen LogP contribution in [0.5, 0.6) is 0 Å². The zero-order valence-electron chi connectivity index (χ0n) is 10.6. The van der Waals surface area contributed by atoms with Crippen LogP contribution in [0.2, 0.25) is 0 Å². The highest BCUT2D eigenvalue weighted by Gasteiger charge is 2.07. The predicted molar refractivity (Wildman–Crippen MR) is 76.8 cm³/mol. The molecule has 0 radical (unpaired) electrons. The minimum Gasteiger partial charge on any atom is -0.357 e. The number of carbonyl (C=O) groups is 2. The van der Waals surface area contributed by atoms with Crippen molar-refractivity contribution < 1.29 is 9.59 Å². The third-order valence-corrected chi connectivity index (χ3v) is 3.39. The number of hydrogen-bond acceptors (Lipinski definition) is 4. The molecule has 0 aromatic carbocycles. The molecular weight excluding hydrogens is 276 g/mol. The number of amides is 2. The van der Waals surface area contributed by atoms with Gasteiger partial charge in [0.2, 0.25) is 5.91 Å². The number of pyridine rings is 1. The zero-order valence-corrected chi connectivity index (χ0v) is 11.4. The summed E-state index contributed by atoms with van der Waals surface area (Å²) in [6, 6.07) is 7.14. The van der Waals surface area contributed by atoms with Gasteiger partial charge in [0, 0.05) is 24.3 Å². The molecule has 0 aliphatic heterocycles. The maximum Gasteiger partial charge on any atom is 0.286 e. The monoisotopic (exact) mass is 290 g/mol. The van der Waals surface area contributed by atoms with Gasteiger partial charge in [0.25, 0.3) is 5.91 Å². The molecule has 0 saturated carbocycles. The maximum atomic E-state index is 11.5. The van der Waals surface area contributed by atoms with Gasteiger partial charge in [-0.15, -0.1) is 11.8 Å². The number of aromatic nitrogens is 2. The van der Waals surface area contributed by atoms with Gasteiger partial charge in [-0.2, -0.15) is 0 Å². The Hall–Kier alpha value is -2.28. The number of rotatable bonds is 5. The lowest BCUT2D eigenvalue weighted by Crippen LogP contribution is -2.42. The van der Waals surface area contributed by atoms with Crippen molar-refractivity contribution in [1.82, 2.24) is 20.8 Å². The van der Waals surface area contributed by atoms with E-state index >= 15 is 0 Å². The van der Waals surface area contributed by atoms with E-state index in [1.165, 1.54) is 11.8 Å². The number of hydrogen-bond donors (Lipinski definition) is 3. The third-order valence-electron chi connectivity index (χ3n) is 2.38. The molecule has 6 nitrogen and oxygen atoms in total. The zero-order chi connectivity index (χ0) is 14.2. The number of aromatic amines is 1. The van der Waals surface area contributed by atoms with E-state index in [0.717, 1.165) is 5.56 Å². The molecule has 2 heterocycles. The average molecular weight is 290 g/mol. The van der Waals surface area contributed by atoms with Crippen LogP contribution in [0.4, 0.5) is 0 Å². The number of nitrogens with zero attached hydrogens (tertiary/aromatic N) is 1. The fourth-order valence-electron chi connectivity index (χ4n) is 1.45. The van der Waals surface area contributed by atoms with Crippen molar-refractivity contribution in [3.8, 4) is 0 Å². The molecule has 2 rings (SSSR count). The van der Waals surface area contributed by atoms with Crippen LogP contribution in [0, 0.1) is 0 Å². The molecule has 3 N–H and O–H groups in total. The molecule has 0 atom stereocenters. The highest BCUT2D eigenvalue weighted by Crippen LogP contribution is 2.09. The van der Waals surface area contributed by atoms with Gasteiger partial charge >= 0.3 is 0 Å². The fraction of sp³-hybridized carbons (Fsp3) is 0.154. The lowest BCUT2D eigenvalue weighted by atomic mass is 10.3. The van der Waals surface area contributed by atoms with E-state index in [9.17, 15) is 9.59 Å². The van der Waals surface area contributed by atoms with Crippen molar-refractivity contribution in [3.05, 3.63) is 54.1 Å². The Labute approximate surface area is 120 Å². The first-order valence-corrected chi connectivity index (χ1v) is 7.10. The number of carbonyl (C=O) groups excluding carboxylic acids is 2. The van der Waals surface area contributed by atoms with Gasteiger partial charge in [0.1, 0.15) is 5.69 Å². The summed E-state index contributed by atoms with van der Waals surface area (Å²) in [5.74, 6) is 0.338. The van der Waals surface area contributed by atoms with Crippen molar-refractivity contribution in [3.63, 3.8) is 0 Å². The van der Waals surface area contributed by atoms with Gasteiger partial charge in [-0.05, 0) is 23.8 Å². The Balaban J connectivity index is 1.65. The van der Waals surface area contributed by atoms with Crippen molar-refractivity contribution >= 4 is 23.6 Å². The summed E-state index contributed by atoms with van der Waals surface area (Å²) in [5, 5.41) is 0. The molecule has 0 aliphatic rings. The second kappa shape index (κ2) is 7.34. The number of H-pyrrole nitrogens is 1. The SMILES string of the molecule is O=C(CSCc1cccnc1)NNC(=O)c1ccc[nH]1. The Morgan fingerprint density at radius 3 is 2.85 bits per heavy atom. The van der Waals surface area contributed by atoms with Crippen LogP contribution in [-0.4, -0.2) is 27.5 Å². The molecular formula is C13H14N4O2S. The standard InChI is InChI=1S/C13H14N4O2S/c18-12(9-20-8-10-3-1-5-14-7-10)16-17-13(19)11-4-2-6-15-11/h1-7,15H,8-9H2,(H,16,18)(H,17,19). The maximum absolute atomic E-state index is 11.5. The van der Waals surface area contributed by atoms with Gasteiger partial charge in [0.05, 0.1) is 5.75 Å². The smallest absolute Gasteiger partial charge is 0.286 e. The van der Waals surface area contributed by atoms with E-state index < -0.39 is 0 Å². The highest BCUT2D eigenvalue weighted by molar-refractivity contribution is 7.99. The molecule has 0 unspecified atom stereocenters. The first kappa shape index (κ1) is 14.1. The molecule has 0 bridgehead atoms. The van der Waals surface area contributed by atoms with Crippen molar-refractivity contribution in [2.75, 3.05) is 5.75 Å². The van der Waals surface area contributed by atoms with Crippen molar-refractivity contribution in [2.24, 2.45) is 0 Å². The van der Waals surface area contributed by atoms with Crippen LogP contribution < -0.4 is 10.9 Å². The van der Waals surface area contributed by atoms with E-state index in [-0.39, 0.29) is 17.6 Å². The van der Waals surface area contributed by atoms with Crippen LogP contribution in [0.1, 0.15) is 16.1 Å². The highest BCUT2D eigenvalue weighted by atomic mass is 32.2. The van der Waals surface area contributed by atoms with Crippen molar-refractivity contribution in [1.29, 1.82) is 0 Å². The molecule has 104 valence electrons. The van der Waals surface area contributed by atoms with E-state index in [2.05, 4.69) is 20.8 Å². The first-order valence-electron chi connectivity index (χ1n) is 5.95. The number of hydrazine groups is 1. The van der Waals surface area contributed by atoms with Gasteiger partial charge in [-0.1, -0.05) is 6.07 Å². The second-order valence-electron chi connectivity index (χ2n) is 3.94. The van der Waals surface area contributed by atoms with Gasteiger partial charge in [-0.25, -0.2) is 0 Å². The lowest BCUT2D eigenvalue weighted by Gasteiger charge is -2.06.